The molecule has 0 unspecified atom stereocenters. The Kier molecular flexibility index (Phi) is 4.75. The molecule has 0 bridgehead atoms. The molecular weight excluding hydrogens is 335 g/mol. The molecule has 0 aliphatic carbocycles. The normalized spacial score (nSPS) is 11.7. The summed E-state index contributed by atoms with van der Waals surface area (Å²) >= 11 is 0. The first-order valence-electron chi connectivity index (χ1n) is 7.92. The van der Waals surface area contributed by atoms with Crippen LogP contribution < -0.4 is 10.6 Å². The lowest BCUT2D eigenvalue weighted by Crippen LogP contribution is -2.13. The molecule has 3 rings (SSSR count). The first kappa shape index (κ1) is 17.3. The van der Waals surface area contributed by atoms with E-state index in [-0.39, 0.29) is 11.7 Å². The summed E-state index contributed by atoms with van der Waals surface area (Å²) < 4.78 is 13.0. The number of nitrogens with zero attached hydrogens (tertiary/aromatic N) is 5. The average Bonchev–Trinajstić information content (AvgIpc) is 3.03. The van der Waals surface area contributed by atoms with Crippen LogP contribution in [0.4, 0.5) is 21.8 Å². The molecule has 0 aromatic carbocycles. The number of H-pyrrole nitrogens is 1. The van der Waals surface area contributed by atoms with Crippen LogP contribution in [0.2, 0.25) is 0 Å². The number of rotatable bonds is 5. The van der Waals surface area contributed by atoms with Crippen molar-refractivity contribution in [1.29, 1.82) is 5.26 Å². The minimum atomic E-state index is -0.408. The third kappa shape index (κ3) is 3.75. The van der Waals surface area contributed by atoms with E-state index in [9.17, 15) is 9.65 Å². The molecule has 3 aromatic heterocycles. The number of hydrogen-bond acceptors (Lipinski definition) is 7. The highest BCUT2D eigenvalue weighted by atomic mass is 19.1. The molecule has 0 spiro atoms. The molecule has 8 nitrogen and oxygen atoms in total. The van der Waals surface area contributed by atoms with Crippen LogP contribution in [0.15, 0.2) is 24.4 Å². The molecule has 132 valence electrons. The van der Waals surface area contributed by atoms with Crippen LogP contribution >= 0.6 is 0 Å². The Morgan fingerprint density at radius 3 is 2.65 bits per heavy atom. The Labute approximate surface area is 149 Å². The summed E-state index contributed by atoms with van der Waals surface area (Å²) in [6.45, 7) is 5.48. The van der Waals surface area contributed by atoms with E-state index in [2.05, 4.69) is 35.8 Å². The maximum absolute atomic E-state index is 13.0. The van der Waals surface area contributed by atoms with Gasteiger partial charge >= 0.3 is 0 Å². The Bertz CT molecular complexity index is 958. The van der Waals surface area contributed by atoms with Crippen LogP contribution in [-0.2, 0) is 0 Å². The quantitative estimate of drug-likeness (QED) is 0.646. The Balaban J connectivity index is 1.88. The van der Waals surface area contributed by atoms with E-state index in [0.717, 1.165) is 11.9 Å². The van der Waals surface area contributed by atoms with Gasteiger partial charge in [-0.05, 0) is 32.9 Å². The summed E-state index contributed by atoms with van der Waals surface area (Å²) in [6, 6.07) is 6.48. The van der Waals surface area contributed by atoms with Crippen LogP contribution in [0.1, 0.15) is 35.7 Å². The number of aromatic amines is 1. The maximum atomic E-state index is 13.0. The van der Waals surface area contributed by atoms with Gasteiger partial charge in [0.15, 0.2) is 23.1 Å². The second kappa shape index (κ2) is 7.14. The maximum Gasteiger partial charge on any atom is 0.183 e. The lowest BCUT2D eigenvalue weighted by atomic mass is 10.2. The first-order valence-corrected chi connectivity index (χ1v) is 7.92. The zero-order valence-electron chi connectivity index (χ0n) is 14.5. The molecule has 9 heteroatoms. The number of aromatic nitrogens is 5. The highest BCUT2D eigenvalue weighted by molar-refractivity contribution is 5.60. The summed E-state index contributed by atoms with van der Waals surface area (Å²) in [5.74, 6) is 0.988. The number of pyridine rings is 1. The average molecular weight is 352 g/mol. The summed E-state index contributed by atoms with van der Waals surface area (Å²) in [4.78, 5) is 12.8. The molecule has 3 aromatic rings. The lowest BCUT2D eigenvalue weighted by Gasteiger charge is -2.16. The highest BCUT2D eigenvalue weighted by Gasteiger charge is 2.15. The fraction of sp³-hybridized carbons (Fsp3) is 0.235. The Morgan fingerprint density at radius 2 is 2.04 bits per heavy atom. The second-order valence-corrected chi connectivity index (χ2v) is 5.80. The van der Waals surface area contributed by atoms with E-state index in [1.807, 2.05) is 26.0 Å². The van der Waals surface area contributed by atoms with E-state index in [0.29, 0.717) is 28.8 Å². The first-order chi connectivity index (χ1) is 12.5. The Hall–Kier alpha value is -3.54. The molecule has 0 saturated carbocycles. The van der Waals surface area contributed by atoms with E-state index < -0.39 is 5.82 Å². The topological polar surface area (TPSA) is 115 Å². The van der Waals surface area contributed by atoms with Gasteiger partial charge in [-0.15, -0.1) is 0 Å². The minimum Gasteiger partial charge on any atom is -0.359 e. The van der Waals surface area contributed by atoms with Gasteiger partial charge in [0.2, 0.25) is 0 Å². The second-order valence-electron chi connectivity index (χ2n) is 5.80. The van der Waals surface area contributed by atoms with Crippen LogP contribution in [-0.4, -0.2) is 25.1 Å². The van der Waals surface area contributed by atoms with E-state index in [1.54, 1.807) is 13.0 Å². The third-order valence-corrected chi connectivity index (χ3v) is 3.68. The van der Waals surface area contributed by atoms with E-state index >= 15 is 0 Å². The Morgan fingerprint density at radius 1 is 1.23 bits per heavy atom. The van der Waals surface area contributed by atoms with Gasteiger partial charge < -0.3 is 10.6 Å². The van der Waals surface area contributed by atoms with Crippen molar-refractivity contribution in [2.24, 2.45) is 0 Å². The molecule has 3 N–H and O–H groups in total. The van der Waals surface area contributed by atoms with Crippen molar-refractivity contribution in [3.05, 3.63) is 53.0 Å². The molecule has 0 radical (unpaired) electrons. The standard InChI is InChI=1S/C17H17FN8/c1-9-6-15(26-25-9)23-16-11(3)21-14(7-19)17(24-16)22-10(2)13-5-4-12(18)8-20-13/h4-6,8,10H,1-3H3,(H3,22,23,24,25,26)/t10-/m1/s1. The summed E-state index contributed by atoms with van der Waals surface area (Å²) in [7, 11) is 0. The third-order valence-electron chi connectivity index (χ3n) is 3.68. The van der Waals surface area contributed by atoms with Crippen molar-refractivity contribution in [1.82, 2.24) is 25.1 Å². The molecular formula is C17H17FN8. The van der Waals surface area contributed by atoms with Crippen molar-refractivity contribution < 1.29 is 4.39 Å². The van der Waals surface area contributed by atoms with Crippen molar-refractivity contribution >= 4 is 17.5 Å². The smallest absolute Gasteiger partial charge is 0.183 e. The summed E-state index contributed by atoms with van der Waals surface area (Å²) in [5, 5.41) is 22.5. The summed E-state index contributed by atoms with van der Waals surface area (Å²) in [5.41, 5.74) is 2.26. The number of hydrogen-bond donors (Lipinski definition) is 3. The van der Waals surface area contributed by atoms with Gasteiger partial charge in [-0.1, -0.05) is 0 Å². The molecule has 0 aliphatic rings. The molecule has 3 heterocycles. The number of aryl methyl sites for hydroxylation is 2. The van der Waals surface area contributed by atoms with Gasteiger partial charge in [-0.25, -0.2) is 14.4 Å². The van der Waals surface area contributed by atoms with Crippen molar-refractivity contribution in [3.63, 3.8) is 0 Å². The molecule has 1 atom stereocenters. The zero-order chi connectivity index (χ0) is 18.7. The predicted molar refractivity (Wildman–Crippen MR) is 94.3 cm³/mol. The molecule has 0 fully saturated rings. The monoisotopic (exact) mass is 352 g/mol. The fourth-order valence-corrected chi connectivity index (χ4v) is 2.34. The van der Waals surface area contributed by atoms with Crippen molar-refractivity contribution in [3.8, 4) is 6.07 Å². The zero-order valence-corrected chi connectivity index (χ0v) is 14.5. The van der Waals surface area contributed by atoms with Gasteiger partial charge in [0.1, 0.15) is 11.9 Å². The fourth-order valence-electron chi connectivity index (χ4n) is 2.34. The predicted octanol–water partition coefficient (Wildman–Crippen LogP) is 3.14. The van der Waals surface area contributed by atoms with Crippen LogP contribution in [0.5, 0.6) is 0 Å². The van der Waals surface area contributed by atoms with E-state index in [1.165, 1.54) is 6.07 Å². The van der Waals surface area contributed by atoms with Gasteiger partial charge in [0.05, 0.1) is 23.6 Å². The molecule has 26 heavy (non-hydrogen) atoms. The number of nitriles is 1. The molecule has 0 amide bonds. The SMILES string of the molecule is Cc1cc(Nc2nc(N[C@H](C)c3ccc(F)cn3)c(C#N)nc2C)n[nH]1. The number of nitrogens with one attached hydrogen (secondary N) is 3. The van der Waals surface area contributed by atoms with Gasteiger partial charge in [-0.3, -0.25) is 10.1 Å². The highest BCUT2D eigenvalue weighted by Crippen LogP contribution is 2.23. The van der Waals surface area contributed by atoms with Crippen LogP contribution in [0, 0.1) is 31.0 Å². The van der Waals surface area contributed by atoms with E-state index in [4.69, 9.17) is 0 Å². The number of halogens is 1. The molecule has 0 saturated heterocycles. The minimum absolute atomic E-state index is 0.167. The molecule has 0 aliphatic heterocycles. The van der Waals surface area contributed by atoms with Gasteiger partial charge in [0, 0.05) is 11.8 Å². The number of anilines is 3. The van der Waals surface area contributed by atoms with Crippen molar-refractivity contribution in [2.75, 3.05) is 10.6 Å². The van der Waals surface area contributed by atoms with Crippen molar-refractivity contribution in [2.45, 2.75) is 26.8 Å². The lowest BCUT2D eigenvalue weighted by molar-refractivity contribution is 0.617. The summed E-state index contributed by atoms with van der Waals surface area (Å²) in [6.07, 6.45) is 1.15. The van der Waals surface area contributed by atoms with Gasteiger partial charge in [0.25, 0.3) is 0 Å². The van der Waals surface area contributed by atoms with Crippen LogP contribution in [0.25, 0.3) is 0 Å². The largest absolute Gasteiger partial charge is 0.359 e. The van der Waals surface area contributed by atoms with Crippen LogP contribution in [0.3, 0.4) is 0 Å². The van der Waals surface area contributed by atoms with Gasteiger partial charge in [-0.2, -0.15) is 10.4 Å².